The van der Waals surface area contributed by atoms with Crippen LogP contribution in [0.15, 0.2) is 71.0 Å². The highest BCUT2D eigenvalue weighted by Crippen LogP contribution is 2.29. The average Bonchev–Trinajstić information content (AvgIpc) is 3.23. The molecule has 7 nitrogen and oxygen atoms in total. The minimum Gasteiger partial charge on any atom is -0.485 e. The summed E-state index contributed by atoms with van der Waals surface area (Å²) in [4.78, 5) is 29.8. The zero-order valence-corrected chi connectivity index (χ0v) is 18.0. The predicted octanol–water partition coefficient (Wildman–Crippen LogP) is 4.39. The van der Waals surface area contributed by atoms with Crippen LogP contribution in [-0.4, -0.2) is 21.4 Å². The first-order chi connectivity index (χ1) is 15.0. The molecule has 0 radical (unpaired) electrons. The minimum absolute atomic E-state index is 0.0597. The zero-order chi connectivity index (χ0) is 21.8. The van der Waals surface area contributed by atoms with Crippen LogP contribution in [0.5, 0.6) is 11.5 Å². The number of thiazole rings is 1. The first-order valence-corrected chi connectivity index (χ1v) is 10.7. The van der Waals surface area contributed by atoms with Crippen LogP contribution in [0.25, 0.3) is 4.96 Å². The second-order valence-electron chi connectivity index (χ2n) is 6.63. The predicted molar refractivity (Wildman–Crippen MR) is 120 cm³/mol. The van der Waals surface area contributed by atoms with E-state index in [1.54, 1.807) is 48.8 Å². The molecular formula is C22H18ClN3O4S. The number of nitrogens with one attached hydrogen (secondary N) is 1. The molecule has 1 atom stereocenters. The van der Waals surface area contributed by atoms with Crippen LogP contribution in [0.4, 0.5) is 5.69 Å². The van der Waals surface area contributed by atoms with Crippen LogP contribution in [-0.2, 0) is 11.4 Å². The minimum atomic E-state index is -0.739. The summed E-state index contributed by atoms with van der Waals surface area (Å²) in [5.74, 6) is 0.638. The van der Waals surface area contributed by atoms with E-state index in [2.05, 4.69) is 10.3 Å². The van der Waals surface area contributed by atoms with Crippen LogP contribution >= 0.6 is 22.9 Å². The largest absolute Gasteiger partial charge is 0.485 e. The molecule has 1 amide bonds. The van der Waals surface area contributed by atoms with Crippen LogP contribution in [0.1, 0.15) is 12.6 Å². The van der Waals surface area contributed by atoms with Crippen LogP contribution in [0.3, 0.4) is 0 Å². The SMILES string of the molecule is CC(Oc1ccccc1)C(=O)Nc1cc(Cl)ccc1OCc1cc(=O)n2ccsc2n1. The first-order valence-electron chi connectivity index (χ1n) is 9.40. The Labute approximate surface area is 186 Å². The van der Waals surface area contributed by atoms with Gasteiger partial charge in [0.25, 0.3) is 11.5 Å². The van der Waals surface area contributed by atoms with Crippen molar-refractivity contribution in [2.24, 2.45) is 0 Å². The van der Waals surface area contributed by atoms with E-state index in [0.29, 0.717) is 32.9 Å². The molecule has 2 aromatic heterocycles. The summed E-state index contributed by atoms with van der Waals surface area (Å²) < 4.78 is 13.0. The molecule has 158 valence electrons. The maximum Gasteiger partial charge on any atom is 0.265 e. The second-order valence-corrected chi connectivity index (χ2v) is 7.94. The lowest BCUT2D eigenvalue weighted by atomic mass is 10.2. The normalized spacial score (nSPS) is 11.8. The molecule has 1 unspecified atom stereocenters. The summed E-state index contributed by atoms with van der Waals surface area (Å²) in [6.45, 7) is 1.71. The van der Waals surface area contributed by atoms with Gasteiger partial charge in [0.1, 0.15) is 18.1 Å². The van der Waals surface area contributed by atoms with E-state index in [9.17, 15) is 9.59 Å². The van der Waals surface area contributed by atoms with Crippen molar-refractivity contribution in [1.29, 1.82) is 0 Å². The molecule has 0 aliphatic heterocycles. The molecule has 0 bridgehead atoms. The molecule has 0 aliphatic carbocycles. The summed E-state index contributed by atoms with van der Waals surface area (Å²) in [5, 5.41) is 5.02. The Bertz CT molecular complexity index is 1270. The Balaban J connectivity index is 1.47. The number of anilines is 1. The number of fused-ring (bicyclic) bond motifs is 1. The number of benzene rings is 2. The van der Waals surface area contributed by atoms with Crippen molar-refractivity contribution in [1.82, 2.24) is 9.38 Å². The summed E-state index contributed by atoms with van der Waals surface area (Å²) >= 11 is 7.47. The van der Waals surface area contributed by atoms with Gasteiger partial charge in [0.15, 0.2) is 11.1 Å². The lowest BCUT2D eigenvalue weighted by Gasteiger charge is -2.17. The monoisotopic (exact) mass is 455 g/mol. The van der Waals surface area contributed by atoms with Crippen molar-refractivity contribution in [3.05, 3.63) is 87.2 Å². The van der Waals surface area contributed by atoms with Gasteiger partial charge in [0, 0.05) is 22.7 Å². The molecule has 2 heterocycles. The highest BCUT2D eigenvalue weighted by Gasteiger charge is 2.17. The Kier molecular flexibility index (Phi) is 6.20. The Morgan fingerprint density at radius 2 is 2.03 bits per heavy atom. The lowest BCUT2D eigenvalue weighted by molar-refractivity contribution is -0.122. The smallest absolute Gasteiger partial charge is 0.265 e. The van der Waals surface area contributed by atoms with E-state index < -0.39 is 6.10 Å². The Morgan fingerprint density at radius 3 is 2.84 bits per heavy atom. The number of nitrogens with zero attached hydrogens (tertiary/aromatic N) is 2. The van der Waals surface area contributed by atoms with Crippen molar-refractivity contribution in [3.8, 4) is 11.5 Å². The van der Waals surface area contributed by atoms with E-state index in [4.69, 9.17) is 21.1 Å². The van der Waals surface area contributed by atoms with Crippen molar-refractivity contribution >= 4 is 39.5 Å². The van der Waals surface area contributed by atoms with E-state index in [1.165, 1.54) is 21.8 Å². The molecule has 31 heavy (non-hydrogen) atoms. The van der Waals surface area contributed by atoms with Crippen molar-refractivity contribution in [2.75, 3.05) is 5.32 Å². The number of carbonyl (C=O) groups is 1. The number of rotatable bonds is 7. The molecule has 9 heteroatoms. The molecule has 0 saturated carbocycles. The van der Waals surface area contributed by atoms with Crippen LogP contribution < -0.4 is 20.3 Å². The molecule has 4 aromatic rings. The molecule has 0 spiro atoms. The number of ether oxygens (including phenoxy) is 2. The lowest BCUT2D eigenvalue weighted by Crippen LogP contribution is -2.30. The third kappa shape index (κ3) is 5.04. The van der Waals surface area contributed by atoms with Gasteiger partial charge in [-0.05, 0) is 37.3 Å². The van der Waals surface area contributed by atoms with Crippen LogP contribution in [0.2, 0.25) is 5.02 Å². The third-order valence-electron chi connectivity index (χ3n) is 4.36. The molecule has 0 saturated heterocycles. The molecule has 2 aromatic carbocycles. The number of para-hydroxylation sites is 1. The van der Waals surface area contributed by atoms with Gasteiger partial charge in [0.2, 0.25) is 0 Å². The van der Waals surface area contributed by atoms with Crippen molar-refractivity contribution in [2.45, 2.75) is 19.6 Å². The molecule has 1 N–H and O–H groups in total. The van der Waals surface area contributed by atoms with Crippen LogP contribution in [0, 0.1) is 0 Å². The number of aromatic nitrogens is 2. The second kappa shape index (κ2) is 9.20. The summed E-state index contributed by atoms with van der Waals surface area (Å²) in [5.41, 5.74) is 0.705. The summed E-state index contributed by atoms with van der Waals surface area (Å²) in [6.07, 6.45) is 0.933. The van der Waals surface area contributed by atoms with Crippen molar-refractivity contribution < 1.29 is 14.3 Å². The summed E-state index contributed by atoms with van der Waals surface area (Å²) in [6, 6.07) is 15.4. The number of amides is 1. The van der Waals surface area contributed by atoms with E-state index >= 15 is 0 Å². The van der Waals surface area contributed by atoms with Gasteiger partial charge in [-0.25, -0.2) is 4.98 Å². The maximum atomic E-state index is 12.6. The van der Waals surface area contributed by atoms with Crippen molar-refractivity contribution in [3.63, 3.8) is 0 Å². The number of carbonyl (C=O) groups excluding carboxylic acids is 1. The standard InChI is InChI=1S/C22H18ClN3O4S/c1-14(30-17-5-3-2-4-6-17)21(28)25-18-11-15(23)7-8-19(18)29-13-16-12-20(27)26-9-10-31-22(26)24-16/h2-12,14H,13H2,1H3,(H,25,28). The topological polar surface area (TPSA) is 81.9 Å². The maximum absolute atomic E-state index is 12.6. The van der Waals surface area contributed by atoms with Gasteiger partial charge in [0.05, 0.1) is 11.4 Å². The van der Waals surface area contributed by atoms with E-state index in [-0.39, 0.29) is 18.1 Å². The highest BCUT2D eigenvalue weighted by molar-refractivity contribution is 7.15. The molecular weight excluding hydrogens is 438 g/mol. The molecule has 0 aliphatic rings. The van der Waals surface area contributed by atoms with Gasteiger partial charge < -0.3 is 14.8 Å². The quantitative estimate of drug-likeness (QED) is 0.447. The fraction of sp³-hybridized carbons (Fsp3) is 0.136. The van der Waals surface area contributed by atoms with Gasteiger partial charge in [-0.1, -0.05) is 29.8 Å². The average molecular weight is 456 g/mol. The van der Waals surface area contributed by atoms with Gasteiger partial charge in [-0.3, -0.25) is 14.0 Å². The zero-order valence-electron chi connectivity index (χ0n) is 16.4. The third-order valence-corrected chi connectivity index (χ3v) is 5.35. The molecule has 4 rings (SSSR count). The first kappa shape index (κ1) is 20.9. The van der Waals surface area contributed by atoms with Gasteiger partial charge in [-0.15, -0.1) is 11.3 Å². The van der Waals surface area contributed by atoms with E-state index in [1.807, 2.05) is 18.2 Å². The highest BCUT2D eigenvalue weighted by atomic mass is 35.5. The number of halogens is 1. The fourth-order valence-corrected chi connectivity index (χ4v) is 3.74. The number of hydrogen-bond donors (Lipinski definition) is 1. The van der Waals surface area contributed by atoms with Gasteiger partial charge >= 0.3 is 0 Å². The summed E-state index contributed by atoms with van der Waals surface area (Å²) in [7, 11) is 0. The van der Waals surface area contributed by atoms with Gasteiger partial charge in [-0.2, -0.15) is 0 Å². The van der Waals surface area contributed by atoms with E-state index in [0.717, 1.165) is 0 Å². The fourth-order valence-electron chi connectivity index (χ4n) is 2.83. The Hall–Kier alpha value is -3.36. The molecule has 0 fully saturated rings. The number of hydrogen-bond acceptors (Lipinski definition) is 6. The Morgan fingerprint density at radius 1 is 1.23 bits per heavy atom.